The number of hydrogen-bond acceptors (Lipinski definition) is 2. The van der Waals surface area contributed by atoms with E-state index in [-0.39, 0.29) is 18.9 Å². The van der Waals surface area contributed by atoms with Crippen molar-refractivity contribution in [2.45, 2.75) is 37.9 Å². The molecule has 0 saturated heterocycles. The van der Waals surface area contributed by atoms with Gasteiger partial charge < -0.3 is 4.84 Å². The molecule has 0 bridgehead atoms. The first-order valence-electron chi connectivity index (χ1n) is 4.39. The van der Waals surface area contributed by atoms with E-state index in [1.807, 2.05) is 0 Å². The fourth-order valence-corrected chi connectivity index (χ4v) is 1.76. The van der Waals surface area contributed by atoms with Gasteiger partial charge in [-0.2, -0.15) is 18.7 Å². The fourth-order valence-electron chi connectivity index (χ4n) is 1.76. The van der Waals surface area contributed by atoms with Crippen LogP contribution in [0.3, 0.4) is 0 Å². The van der Waals surface area contributed by atoms with E-state index in [1.54, 1.807) is 0 Å². The monoisotopic (exact) mass is 197 g/mol. The smallest absolute Gasteiger partial charge is 0.305 e. The zero-order valence-electron chi connectivity index (χ0n) is 7.53. The van der Waals surface area contributed by atoms with Crippen LogP contribution in [0.5, 0.6) is 0 Å². The van der Waals surface area contributed by atoms with Gasteiger partial charge in [-0.3, -0.25) is 0 Å². The summed E-state index contributed by atoms with van der Waals surface area (Å²) in [6, 6.07) is -0.148. The Kier molecular flexibility index (Phi) is 3.55. The first-order valence-corrected chi connectivity index (χ1v) is 4.39. The summed E-state index contributed by atoms with van der Waals surface area (Å²) in [5, 5.41) is 0. The molecule has 0 heterocycles. The van der Waals surface area contributed by atoms with Gasteiger partial charge in [-0.05, 0) is 19.3 Å². The summed E-state index contributed by atoms with van der Waals surface area (Å²) in [6.45, 7) is 0. The molecule has 1 aliphatic rings. The van der Waals surface area contributed by atoms with Gasteiger partial charge in [0.15, 0.2) is 0 Å². The first kappa shape index (κ1) is 10.8. The van der Waals surface area contributed by atoms with Crippen molar-refractivity contribution < 1.29 is 18.0 Å². The highest BCUT2D eigenvalue weighted by atomic mass is 19.4. The van der Waals surface area contributed by atoms with Crippen LogP contribution in [0, 0.1) is 5.92 Å². The van der Waals surface area contributed by atoms with Crippen molar-refractivity contribution in [1.29, 1.82) is 0 Å². The lowest BCUT2D eigenvalue weighted by molar-refractivity contribution is -0.186. The normalized spacial score (nSPS) is 30.5. The Morgan fingerprint density at radius 3 is 2.54 bits per heavy atom. The van der Waals surface area contributed by atoms with Gasteiger partial charge in [-0.25, -0.2) is 0 Å². The van der Waals surface area contributed by atoms with Crippen molar-refractivity contribution in [2.75, 3.05) is 7.11 Å². The highest BCUT2D eigenvalue weighted by molar-refractivity contribution is 4.79. The van der Waals surface area contributed by atoms with Crippen molar-refractivity contribution in [3.63, 3.8) is 0 Å². The van der Waals surface area contributed by atoms with Gasteiger partial charge in [-0.15, -0.1) is 0 Å². The number of alkyl halides is 3. The van der Waals surface area contributed by atoms with Gasteiger partial charge in [0, 0.05) is 6.04 Å². The number of hydrogen-bond donors (Lipinski definition) is 1. The van der Waals surface area contributed by atoms with Crippen LogP contribution in [-0.2, 0) is 4.84 Å². The van der Waals surface area contributed by atoms with Gasteiger partial charge in [0.2, 0.25) is 0 Å². The lowest BCUT2D eigenvalue weighted by Gasteiger charge is -2.30. The van der Waals surface area contributed by atoms with E-state index in [1.165, 1.54) is 7.11 Å². The molecule has 0 aromatic carbocycles. The van der Waals surface area contributed by atoms with Crippen LogP contribution >= 0.6 is 0 Å². The van der Waals surface area contributed by atoms with Crippen molar-refractivity contribution in [2.24, 2.45) is 5.92 Å². The van der Waals surface area contributed by atoms with Gasteiger partial charge in [0.1, 0.15) is 0 Å². The maximum atomic E-state index is 12.3. The van der Waals surface area contributed by atoms with Crippen LogP contribution in [0.2, 0.25) is 0 Å². The van der Waals surface area contributed by atoms with Gasteiger partial charge in [-0.1, -0.05) is 6.42 Å². The van der Waals surface area contributed by atoms with E-state index in [0.29, 0.717) is 6.42 Å². The molecule has 13 heavy (non-hydrogen) atoms. The Morgan fingerprint density at radius 1 is 1.31 bits per heavy atom. The molecule has 0 amide bonds. The van der Waals surface area contributed by atoms with Gasteiger partial charge in [0.05, 0.1) is 13.0 Å². The molecule has 1 rings (SSSR count). The molecular formula is C8H14F3NO. The third-order valence-corrected chi connectivity index (χ3v) is 2.42. The largest absolute Gasteiger partial charge is 0.391 e. The molecule has 0 aromatic heterocycles. The highest BCUT2D eigenvalue weighted by Crippen LogP contribution is 2.37. The van der Waals surface area contributed by atoms with E-state index < -0.39 is 12.1 Å². The lowest BCUT2D eigenvalue weighted by Crippen LogP contribution is -2.38. The number of halogens is 3. The topological polar surface area (TPSA) is 21.3 Å². The molecule has 0 aliphatic heterocycles. The van der Waals surface area contributed by atoms with Crippen LogP contribution in [0.4, 0.5) is 13.2 Å². The summed E-state index contributed by atoms with van der Waals surface area (Å²) in [5.74, 6) is -1.16. The summed E-state index contributed by atoms with van der Waals surface area (Å²) < 4.78 is 36.9. The van der Waals surface area contributed by atoms with Crippen molar-refractivity contribution in [3.8, 4) is 0 Å². The van der Waals surface area contributed by atoms with Crippen LogP contribution in [0.15, 0.2) is 0 Å². The quantitative estimate of drug-likeness (QED) is 0.685. The number of nitrogens with one attached hydrogen (secondary N) is 1. The van der Waals surface area contributed by atoms with Gasteiger partial charge in [0.25, 0.3) is 0 Å². The SMILES string of the molecule is CONC1CCCC(C(F)(F)F)C1. The summed E-state index contributed by atoms with van der Waals surface area (Å²) in [4.78, 5) is 4.62. The minimum Gasteiger partial charge on any atom is -0.305 e. The van der Waals surface area contributed by atoms with Crippen LogP contribution in [0.1, 0.15) is 25.7 Å². The predicted molar refractivity (Wildman–Crippen MR) is 41.9 cm³/mol. The second kappa shape index (κ2) is 4.28. The molecule has 0 spiro atoms. The molecule has 2 nitrogen and oxygen atoms in total. The maximum absolute atomic E-state index is 12.3. The van der Waals surface area contributed by atoms with Crippen LogP contribution in [0.25, 0.3) is 0 Å². The molecule has 1 N–H and O–H groups in total. The summed E-state index contributed by atoms with van der Waals surface area (Å²) in [6.07, 6.45) is -2.28. The van der Waals surface area contributed by atoms with Crippen molar-refractivity contribution in [3.05, 3.63) is 0 Å². The zero-order valence-corrected chi connectivity index (χ0v) is 7.53. The minimum absolute atomic E-state index is 0.136. The molecule has 0 aromatic rings. The molecule has 1 fully saturated rings. The van der Waals surface area contributed by atoms with E-state index in [9.17, 15) is 13.2 Å². The molecule has 0 radical (unpaired) electrons. The molecule has 78 valence electrons. The fraction of sp³-hybridized carbons (Fsp3) is 1.00. The minimum atomic E-state index is -4.05. The molecule has 1 aliphatic carbocycles. The standard InChI is InChI=1S/C8H14F3NO/c1-13-12-7-4-2-3-6(5-7)8(9,10)11/h6-7,12H,2-5H2,1H3. The Labute approximate surface area is 75.4 Å². The lowest BCUT2D eigenvalue weighted by atomic mass is 9.86. The second-order valence-corrected chi connectivity index (χ2v) is 3.42. The number of rotatable bonds is 2. The molecule has 2 unspecified atom stereocenters. The molecule has 5 heteroatoms. The van der Waals surface area contributed by atoms with E-state index >= 15 is 0 Å². The molecular weight excluding hydrogens is 183 g/mol. The third-order valence-electron chi connectivity index (χ3n) is 2.42. The maximum Gasteiger partial charge on any atom is 0.391 e. The van der Waals surface area contributed by atoms with Crippen LogP contribution in [-0.4, -0.2) is 19.3 Å². The summed E-state index contributed by atoms with van der Waals surface area (Å²) >= 11 is 0. The Balaban J connectivity index is 2.42. The van der Waals surface area contributed by atoms with Gasteiger partial charge >= 0.3 is 6.18 Å². The van der Waals surface area contributed by atoms with E-state index in [0.717, 1.165) is 6.42 Å². The number of hydroxylamine groups is 1. The average Bonchev–Trinajstić information content (AvgIpc) is 2.04. The summed E-state index contributed by atoms with van der Waals surface area (Å²) in [7, 11) is 1.43. The Bertz CT molecular complexity index is 158. The zero-order chi connectivity index (χ0) is 9.90. The average molecular weight is 197 g/mol. The van der Waals surface area contributed by atoms with E-state index in [2.05, 4.69) is 10.3 Å². The Hall–Kier alpha value is -0.290. The predicted octanol–water partition coefficient (Wildman–Crippen LogP) is 2.26. The highest BCUT2D eigenvalue weighted by Gasteiger charge is 2.42. The second-order valence-electron chi connectivity index (χ2n) is 3.42. The molecule has 2 atom stereocenters. The van der Waals surface area contributed by atoms with Crippen molar-refractivity contribution >= 4 is 0 Å². The van der Waals surface area contributed by atoms with E-state index in [4.69, 9.17) is 0 Å². The molecule has 1 saturated carbocycles. The Morgan fingerprint density at radius 2 is 2.00 bits per heavy atom. The van der Waals surface area contributed by atoms with Crippen molar-refractivity contribution in [1.82, 2.24) is 5.48 Å². The third kappa shape index (κ3) is 3.15. The first-order chi connectivity index (χ1) is 6.04. The van der Waals surface area contributed by atoms with Crippen LogP contribution < -0.4 is 5.48 Å². The summed E-state index contributed by atoms with van der Waals surface area (Å²) in [5.41, 5.74) is 2.59.